The number of carbonyl (C=O) groups is 3. The molecular formula is C28H21ClFN3O4S. The fourth-order valence-corrected chi connectivity index (χ4v) is 4.98. The molecule has 10 heteroatoms. The Bertz CT molecular complexity index is 1550. The third-order valence-electron chi connectivity index (χ3n) is 5.82. The predicted octanol–water partition coefficient (Wildman–Crippen LogP) is 6.19. The molecule has 0 unspecified atom stereocenters. The third-order valence-corrected chi connectivity index (χ3v) is 6.98. The number of ether oxygens (including phenoxy) is 1. The van der Waals surface area contributed by atoms with Gasteiger partial charge in [0.05, 0.1) is 11.4 Å². The van der Waals surface area contributed by atoms with Crippen LogP contribution in [0.25, 0.3) is 17.0 Å². The monoisotopic (exact) mass is 549 g/mol. The molecule has 0 spiro atoms. The van der Waals surface area contributed by atoms with Crippen LogP contribution >= 0.6 is 23.4 Å². The summed E-state index contributed by atoms with van der Waals surface area (Å²) < 4.78 is 20.9. The number of hydrogen-bond donors (Lipinski definition) is 1. The molecule has 1 aliphatic rings. The Balaban J connectivity index is 1.29. The molecule has 7 nitrogen and oxygen atoms in total. The summed E-state index contributed by atoms with van der Waals surface area (Å²) in [6.45, 7) is 0.532. The molecule has 0 saturated carbocycles. The minimum Gasteiger partial charge on any atom is -0.492 e. The van der Waals surface area contributed by atoms with Gasteiger partial charge in [-0.15, -0.1) is 0 Å². The van der Waals surface area contributed by atoms with E-state index < -0.39 is 29.4 Å². The summed E-state index contributed by atoms with van der Waals surface area (Å²) in [5, 5.41) is 3.58. The van der Waals surface area contributed by atoms with Gasteiger partial charge in [-0.3, -0.25) is 19.3 Å². The number of carbonyl (C=O) groups excluding carboxylic acids is 3. The van der Waals surface area contributed by atoms with Crippen molar-refractivity contribution in [2.24, 2.45) is 0 Å². The first-order valence-electron chi connectivity index (χ1n) is 11.6. The first kappa shape index (κ1) is 25.6. The van der Waals surface area contributed by atoms with Gasteiger partial charge < -0.3 is 14.6 Å². The molecule has 0 aliphatic carbocycles. The van der Waals surface area contributed by atoms with E-state index >= 15 is 0 Å². The largest absolute Gasteiger partial charge is 0.492 e. The Kier molecular flexibility index (Phi) is 7.48. The number of benzene rings is 3. The number of halogens is 2. The van der Waals surface area contributed by atoms with Crippen LogP contribution in [0.3, 0.4) is 0 Å². The second-order valence-electron chi connectivity index (χ2n) is 8.42. The molecule has 0 radical (unpaired) electrons. The van der Waals surface area contributed by atoms with Crippen LogP contribution in [0, 0.1) is 5.82 Å². The fourth-order valence-electron chi connectivity index (χ4n) is 4.02. The zero-order valence-corrected chi connectivity index (χ0v) is 21.5. The van der Waals surface area contributed by atoms with Crippen molar-refractivity contribution in [2.75, 3.05) is 18.5 Å². The van der Waals surface area contributed by atoms with Gasteiger partial charge in [-0.2, -0.15) is 0 Å². The Labute approximate surface area is 226 Å². The molecule has 1 saturated heterocycles. The van der Waals surface area contributed by atoms with Crippen molar-refractivity contribution < 1.29 is 23.5 Å². The van der Waals surface area contributed by atoms with Gasteiger partial charge in [0.2, 0.25) is 5.91 Å². The number of aromatic nitrogens is 1. The van der Waals surface area contributed by atoms with Crippen molar-refractivity contribution in [3.63, 3.8) is 0 Å². The van der Waals surface area contributed by atoms with E-state index in [-0.39, 0.29) is 4.91 Å². The second-order valence-corrected chi connectivity index (χ2v) is 9.85. The normalized spacial score (nSPS) is 14.5. The van der Waals surface area contributed by atoms with Gasteiger partial charge in [0.15, 0.2) is 0 Å². The van der Waals surface area contributed by atoms with E-state index in [0.717, 1.165) is 33.1 Å². The number of para-hydroxylation sites is 1. The molecule has 3 amide bonds. The number of thioether (sulfide) groups is 1. The smallest absolute Gasteiger partial charge is 0.294 e. The quantitative estimate of drug-likeness (QED) is 0.265. The lowest BCUT2D eigenvalue weighted by Crippen LogP contribution is -2.36. The third kappa shape index (κ3) is 5.74. The standard InChI is InChI=1S/C28H21ClFN3O4S/c29-19-5-11-22(12-6-19)37-14-13-32-16-18(23-3-1-2-4-24(23)32)15-25-27(35)33(28(36)38-25)17-26(34)31-21-9-7-20(30)8-10-21/h1-12,15-16H,13-14,17H2,(H,31,34)/b25-15-. The molecule has 1 fully saturated rings. The van der Waals surface area contributed by atoms with Gasteiger partial charge in [-0.25, -0.2) is 4.39 Å². The Morgan fingerprint density at radius 2 is 1.76 bits per heavy atom. The zero-order valence-electron chi connectivity index (χ0n) is 19.9. The average molecular weight is 550 g/mol. The number of anilines is 1. The molecule has 5 rings (SSSR count). The van der Waals surface area contributed by atoms with Crippen molar-refractivity contribution in [2.45, 2.75) is 6.54 Å². The number of nitrogens with zero attached hydrogens (tertiary/aromatic N) is 2. The first-order valence-corrected chi connectivity index (χ1v) is 12.8. The lowest BCUT2D eigenvalue weighted by atomic mass is 10.1. The molecule has 1 aromatic heterocycles. The van der Waals surface area contributed by atoms with Crippen LogP contribution in [0.5, 0.6) is 5.75 Å². The zero-order chi connectivity index (χ0) is 26.6. The number of rotatable bonds is 8. The maximum absolute atomic E-state index is 13.1. The van der Waals surface area contributed by atoms with Crippen LogP contribution in [-0.4, -0.2) is 39.7 Å². The number of nitrogens with one attached hydrogen (secondary N) is 1. The maximum atomic E-state index is 13.1. The highest BCUT2D eigenvalue weighted by Crippen LogP contribution is 2.34. The lowest BCUT2D eigenvalue weighted by molar-refractivity contribution is -0.127. The number of imide groups is 1. The highest BCUT2D eigenvalue weighted by molar-refractivity contribution is 8.18. The van der Waals surface area contributed by atoms with Gasteiger partial charge in [-0.05, 0) is 72.4 Å². The maximum Gasteiger partial charge on any atom is 0.294 e. The van der Waals surface area contributed by atoms with Gasteiger partial charge in [0, 0.05) is 33.4 Å². The summed E-state index contributed by atoms with van der Waals surface area (Å²) in [5.74, 6) is -0.827. The number of amides is 3. The van der Waals surface area contributed by atoms with Gasteiger partial charge in [0.25, 0.3) is 11.1 Å². The molecule has 2 heterocycles. The summed E-state index contributed by atoms with van der Waals surface area (Å²) in [7, 11) is 0. The number of hydrogen-bond acceptors (Lipinski definition) is 5. The first-order chi connectivity index (χ1) is 18.4. The van der Waals surface area contributed by atoms with Crippen molar-refractivity contribution >= 4 is 63.1 Å². The summed E-state index contributed by atoms with van der Waals surface area (Å²) in [6, 6.07) is 20.1. The van der Waals surface area contributed by atoms with Crippen molar-refractivity contribution in [1.29, 1.82) is 0 Å². The van der Waals surface area contributed by atoms with E-state index in [4.69, 9.17) is 16.3 Å². The van der Waals surface area contributed by atoms with Crippen molar-refractivity contribution in [1.82, 2.24) is 9.47 Å². The second kappa shape index (κ2) is 11.1. The van der Waals surface area contributed by atoms with Crippen molar-refractivity contribution in [3.05, 3.63) is 100 Å². The minimum atomic E-state index is -0.558. The van der Waals surface area contributed by atoms with E-state index in [1.165, 1.54) is 24.3 Å². The molecule has 38 heavy (non-hydrogen) atoms. The van der Waals surface area contributed by atoms with Crippen LogP contribution in [0.1, 0.15) is 5.56 Å². The van der Waals surface area contributed by atoms with Crippen LogP contribution in [0.15, 0.2) is 83.9 Å². The molecule has 192 valence electrons. The molecule has 3 aromatic carbocycles. The van der Waals surface area contributed by atoms with E-state index in [0.29, 0.717) is 29.6 Å². The fraction of sp³-hybridized carbons (Fsp3) is 0.107. The van der Waals surface area contributed by atoms with Crippen LogP contribution < -0.4 is 10.1 Å². The summed E-state index contributed by atoms with van der Waals surface area (Å²) in [5.41, 5.74) is 2.09. The molecule has 4 aromatic rings. The SMILES string of the molecule is O=C(CN1C(=O)S/C(=C\c2cn(CCOc3ccc(Cl)cc3)c3ccccc23)C1=O)Nc1ccc(F)cc1. The van der Waals surface area contributed by atoms with E-state index in [2.05, 4.69) is 5.32 Å². The van der Waals surface area contributed by atoms with E-state index in [1.807, 2.05) is 35.0 Å². The molecule has 0 bridgehead atoms. The Hall–Kier alpha value is -4.08. The topological polar surface area (TPSA) is 80.6 Å². The lowest BCUT2D eigenvalue weighted by Gasteiger charge is -2.12. The molecule has 1 N–H and O–H groups in total. The van der Waals surface area contributed by atoms with E-state index in [9.17, 15) is 18.8 Å². The number of fused-ring (bicyclic) bond motifs is 1. The summed E-state index contributed by atoms with van der Waals surface area (Å²) in [4.78, 5) is 39.1. The average Bonchev–Trinajstić information content (AvgIpc) is 3.38. The minimum absolute atomic E-state index is 0.227. The summed E-state index contributed by atoms with van der Waals surface area (Å²) in [6.07, 6.45) is 3.58. The Morgan fingerprint density at radius 1 is 1.03 bits per heavy atom. The highest BCUT2D eigenvalue weighted by Gasteiger charge is 2.36. The van der Waals surface area contributed by atoms with Gasteiger partial charge >= 0.3 is 0 Å². The van der Waals surface area contributed by atoms with Crippen molar-refractivity contribution in [3.8, 4) is 5.75 Å². The van der Waals surface area contributed by atoms with Crippen LogP contribution in [0.2, 0.25) is 5.02 Å². The van der Waals surface area contributed by atoms with Gasteiger partial charge in [0.1, 0.15) is 24.7 Å². The van der Waals surface area contributed by atoms with E-state index in [1.54, 1.807) is 30.3 Å². The molecule has 0 atom stereocenters. The van der Waals surface area contributed by atoms with Crippen LogP contribution in [-0.2, 0) is 16.1 Å². The predicted molar refractivity (Wildman–Crippen MR) is 147 cm³/mol. The molecule has 1 aliphatic heterocycles. The Morgan fingerprint density at radius 3 is 2.53 bits per heavy atom. The molecular weight excluding hydrogens is 529 g/mol. The highest BCUT2D eigenvalue weighted by atomic mass is 35.5. The summed E-state index contributed by atoms with van der Waals surface area (Å²) >= 11 is 6.71. The van der Waals surface area contributed by atoms with Crippen LogP contribution in [0.4, 0.5) is 14.9 Å². The van der Waals surface area contributed by atoms with Gasteiger partial charge in [-0.1, -0.05) is 29.8 Å².